The van der Waals surface area contributed by atoms with Gasteiger partial charge >= 0.3 is 0 Å². The molecule has 0 N–H and O–H groups in total. The number of aryl methyl sites for hydroxylation is 1. The van der Waals surface area contributed by atoms with Crippen molar-refractivity contribution in [1.29, 1.82) is 0 Å². The van der Waals surface area contributed by atoms with Crippen LogP contribution in [0.2, 0.25) is 0 Å². The molecule has 0 heterocycles. The molecule has 0 aliphatic rings. The summed E-state index contributed by atoms with van der Waals surface area (Å²) in [6, 6.07) is 5.49. The van der Waals surface area contributed by atoms with Gasteiger partial charge < -0.3 is 14.4 Å². The number of carbonyl (C=O) groups is 1. The Morgan fingerprint density at radius 1 is 1.28 bits per heavy atom. The van der Waals surface area contributed by atoms with Gasteiger partial charge in [-0.2, -0.15) is 0 Å². The third-order valence-electron chi connectivity index (χ3n) is 2.82. The summed E-state index contributed by atoms with van der Waals surface area (Å²) in [5.41, 5.74) is 1.64. The van der Waals surface area contributed by atoms with Crippen LogP contribution >= 0.6 is 0 Å². The lowest BCUT2D eigenvalue weighted by molar-refractivity contribution is 0.0504. The van der Waals surface area contributed by atoms with E-state index < -0.39 is 0 Å². The summed E-state index contributed by atoms with van der Waals surface area (Å²) in [6.45, 7) is 7.48. The molecular formula is C14H21NO3. The number of hydrogen-bond acceptors (Lipinski definition) is 3. The fraction of sp³-hybridized carbons (Fsp3) is 0.500. The lowest BCUT2D eigenvalue weighted by atomic mass is 10.1. The van der Waals surface area contributed by atoms with Crippen molar-refractivity contribution in [3.63, 3.8) is 0 Å². The molecule has 0 saturated carbocycles. The van der Waals surface area contributed by atoms with E-state index >= 15 is 0 Å². The van der Waals surface area contributed by atoms with Gasteiger partial charge in [0.1, 0.15) is 5.75 Å². The molecule has 0 aromatic heterocycles. The van der Waals surface area contributed by atoms with Crippen LogP contribution < -0.4 is 4.74 Å². The summed E-state index contributed by atoms with van der Waals surface area (Å²) in [4.78, 5) is 14.0. The standard InChI is InChI=1S/C14H21NO3/c1-5-15(6-2)14(16)12-8-7-11(3)13(9-12)18-10-17-4/h7-9H,5-6,10H2,1-4H3. The average Bonchev–Trinajstić information content (AvgIpc) is 2.39. The number of carbonyl (C=O) groups excluding carboxylic acids is 1. The third-order valence-corrected chi connectivity index (χ3v) is 2.82. The van der Waals surface area contributed by atoms with Crippen molar-refractivity contribution in [2.24, 2.45) is 0 Å². The third kappa shape index (κ3) is 3.47. The summed E-state index contributed by atoms with van der Waals surface area (Å²) in [5, 5.41) is 0. The zero-order chi connectivity index (χ0) is 13.5. The van der Waals surface area contributed by atoms with Crippen LogP contribution in [0.5, 0.6) is 5.75 Å². The molecule has 1 amide bonds. The van der Waals surface area contributed by atoms with Crippen LogP contribution in [0.3, 0.4) is 0 Å². The van der Waals surface area contributed by atoms with Gasteiger partial charge in [-0.15, -0.1) is 0 Å². The predicted molar refractivity (Wildman–Crippen MR) is 70.9 cm³/mol. The summed E-state index contributed by atoms with van der Waals surface area (Å²) >= 11 is 0. The molecule has 0 bridgehead atoms. The highest BCUT2D eigenvalue weighted by atomic mass is 16.7. The van der Waals surface area contributed by atoms with Crippen molar-refractivity contribution in [1.82, 2.24) is 4.90 Å². The Balaban J connectivity index is 2.93. The molecule has 0 unspecified atom stereocenters. The zero-order valence-electron chi connectivity index (χ0n) is 11.5. The molecular weight excluding hydrogens is 230 g/mol. The van der Waals surface area contributed by atoms with Gasteiger partial charge in [-0.3, -0.25) is 4.79 Å². The minimum absolute atomic E-state index is 0.0299. The average molecular weight is 251 g/mol. The van der Waals surface area contributed by atoms with Crippen LogP contribution in [0.4, 0.5) is 0 Å². The Kier molecular flexibility index (Phi) is 5.65. The Morgan fingerprint density at radius 3 is 2.50 bits per heavy atom. The van der Waals surface area contributed by atoms with E-state index in [9.17, 15) is 4.79 Å². The quantitative estimate of drug-likeness (QED) is 0.729. The maximum atomic E-state index is 12.2. The molecule has 0 atom stereocenters. The zero-order valence-corrected chi connectivity index (χ0v) is 11.5. The molecule has 0 saturated heterocycles. The van der Waals surface area contributed by atoms with E-state index in [1.165, 1.54) is 0 Å². The first-order valence-corrected chi connectivity index (χ1v) is 6.15. The van der Waals surface area contributed by atoms with Crippen molar-refractivity contribution in [3.05, 3.63) is 29.3 Å². The number of benzene rings is 1. The normalized spacial score (nSPS) is 10.2. The molecule has 4 nitrogen and oxygen atoms in total. The summed E-state index contributed by atoms with van der Waals surface area (Å²) in [6.07, 6.45) is 0. The van der Waals surface area contributed by atoms with E-state index in [1.54, 1.807) is 18.1 Å². The second-order valence-corrected chi connectivity index (χ2v) is 4.01. The molecule has 100 valence electrons. The molecule has 1 rings (SSSR count). The second-order valence-electron chi connectivity index (χ2n) is 4.01. The van der Waals surface area contributed by atoms with Gasteiger partial charge in [0.25, 0.3) is 5.91 Å². The van der Waals surface area contributed by atoms with E-state index in [2.05, 4.69) is 0 Å². The Morgan fingerprint density at radius 2 is 1.94 bits per heavy atom. The lowest BCUT2D eigenvalue weighted by Gasteiger charge is -2.19. The lowest BCUT2D eigenvalue weighted by Crippen LogP contribution is -2.30. The van der Waals surface area contributed by atoms with E-state index in [0.29, 0.717) is 24.4 Å². The molecule has 4 heteroatoms. The smallest absolute Gasteiger partial charge is 0.253 e. The highest BCUT2D eigenvalue weighted by Crippen LogP contribution is 2.20. The fourth-order valence-corrected chi connectivity index (χ4v) is 1.70. The van der Waals surface area contributed by atoms with E-state index in [1.807, 2.05) is 32.9 Å². The van der Waals surface area contributed by atoms with Gasteiger partial charge in [0.05, 0.1) is 0 Å². The van der Waals surface area contributed by atoms with E-state index in [0.717, 1.165) is 5.56 Å². The van der Waals surface area contributed by atoms with Crippen molar-refractivity contribution in [3.8, 4) is 5.75 Å². The van der Waals surface area contributed by atoms with Crippen molar-refractivity contribution < 1.29 is 14.3 Å². The Hall–Kier alpha value is -1.55. The molecule has 18 heavy (non-hydrogen) atoms. The van der Waals surface area contributed by atoms with Crippen LogP contribution in [-0.4, -0.2) is 37.8 Å². The van der Waals surface area contributed by atoms with Crippen molar-refractivity contribution in [2.75, 3.05) is 27.0 Å². The number of ether oxygens (including phenoxy) is 2. The van der Waals surface area contributed by atoms with Crippen LogP contribution in [0.15, 0.2) is 18.2 Å². The maximum Gasteiger partial charge on any atom is 0.253 e. The number of hydrogen-bond donors (Lipinski definition) is 0. The first-order chi connectivity index (χ1) is 8.63. The highest BCUT2D eigenvalue weighted by molar-refractivity contribution is 5.94. The second kappa shape index (κ2) is 7.01. The number of nitrogens with zero attached hydrogens (tertiary/aromatic N) is 1. The van der Waals surface area contributed by atoms with E-state index in [-0.39, 0.29) is 12.7 Å². The van der Waals surface area contributed by atoms with Crippen LogP contribution in [0, 0.1) is 6.92 Å². The molecule has 1 aromatic carbocycles. The topological polar surface area (TPSA) is 38.8 Å². The van der Waals surface area contributed by atoms with Gasteiger partial charge in [0, 0.05) is 25.8 Å². The molecule has 0 fully saturated rings. The van der Waals surface area contributed by atoms with Gasteiger partial charge in [-0.05, 0) is 38.5 Å². The summed E-state index contributed by atoms with van der Waals surface area (Å²) in [5.74, 6) is 0.720. The molecule has 0 aliphatic carbocycles. The molecule has 1 aromatic rings. The highest BCUT2D eigenvalue weighted by Gasteiger charge is 2.13. The van der Waals surface area contributed by atoms with Crippen LogP contribution in [0.1, 0.15) is 29.8 Å². The van der Waals surface area contributed by atoms with Gasteiger partial charge in [0.2, 0.25) is 0 Å². The monoisotopic (exact) mass is 251 g/mol. The molecule has 0 spiro atoms. The van der Waals surface area contributed by atoms with Crippen LogP contribution in [0.25, 0.3) is 0 Å². The van der Waals surface area contributed by atoms with Crippen molar-refractivity contribution >= 4 is 5.91 Å². The van der Waals surface area contributed by atoms with Gasteiger partial charge in [-0.25, -0.2) is 0 Å². The first kappa shape index (κ1) is 14.5. The summed E-state index contributed by atoms with van der Waals surface area (Å²) in [7, 11) is 1.57. The minimum Gasteiger partial charge on any atom is -0.467 e. The van der Waals surface area contributed by atoms with E-state index in [4.69, 9.17) is 9.47 Å². The Bertz CT molecular complexity index is 400. The van der Waals surface area contributed by atoms with Gasteiger partial charge in [-0.1, -0.05) is 6.07 Å². The van der Waals surface area contributed by atoms with Gasteiger partial charge in [0.15, 0.2) is 6.79 Å². The van der Waals surface area contributed by atoms with Crippen molar-refractivity contribution in [2.45, 2.75) is 20.8 Å². The minimum atomic E-state index is 0.0299. The number of methoxy groups -OCH3 is 1. The Labute approximate surface area is 108 Å². The SMILES string of the molecule is CCN(CC)C(=O)c1ccc(C)c(OCOC)c1. The maximum absolute atomic E-state index is 12.2. The molecule has 0 radical (unpaired) electrons. The van der Waals surface area contributed by atoms with Crippen LogP contribution in [-0.2, 0) is 4.74 Å². The largest absolute Gasteiger partial charge is 0.467 e. The first-order valence-electron chi connectivity index (χ1n) is 6.15. The molecule has 0 aliphatic heterocycles. The number of amides is 1. The predicted octanol–water partition coefficient (Wildman–Crippen LogP) is 2.46. The summed E-state index contributed by atoms with van der Waals surface area (Å²) < 4.78 is 10.3. The number of rotatable bonds is 6. The fourth-order valence-electron chi connectivity index (χ4n) is 1.70.